The summed E-state index contributed by atoms with van der Waals surface area (Å²) in [5.74, 6) is -0.403. The maximum absolute atomic E-state index is 13.0. The molecule has 1 saturated heterocycles. The van der Waals surface area contributed by atoms with Gasteiger partial charge in [0.05, 0.1) is 11.5 Å². The van der Waals surface area contributed by atoms with Crippen molar-refractivity contribution in [2.75, 3.05) is 38.1 Å². The fourth-order valence-electron chi connectivity index (χ4n) is 4.15. The van der Waals surface area contributed by atoms with Crippen molar-refractivity contribution >= 4 is 49.7 Å². The van der Waals surface area contributed by atoms with Gasteiger partial charge in [0.2, 0.25) is 10.0 Å². The maximum atomic E-state index is 13.0. The molecule has 0 amide bonds. The first-order valence-corrected chi connectivity index (χ1v) is 14.4. The van der Waals surface area contributed by atoms with Crippen molar-refractivity contribution in [2.45, 2.75) is 25.7 Å². The van der Waals surface area contributed by atoms with Crippen molar-refractivity contribution in [1.29, 1.82) is 0 Å². The Morgan fingerprint density at radius 3 is 2.28 bits per heavy atom. The summed E-state index contributed by atoms with van der Waals surface area (Å²) >= 11 is 7.13. The molecule has 2 aromatic carbocycles. The summed E-state index contributed by atoms with van der Waals surface area (Å²) in [4.78, 5) is 16.2. The van der Waals surface area contributed by atoms with Gasteiger partial charge in [0.1, 0.15) is 10.6 Å². The van der Waals surface area contributed by atoms with E-state index < -0.39 is 16.0 Å². The highest BCUT2D eigenvalue weighted by atomic mass is 32.2. The van der Waals surface area contributed by atoms with Crippen LogP contribution < -0.4 is 5.32 Å². The standard InChI is InChI=1S/C26H29N3O4S3/c1-4-33-25(30)23-22(20-8-6-5-7-9-20)19(3)35-24(23)27-26(34)28-14-16-29(17-15-28)36(31,32)21-12-10-18(2)11-13-21/h5-13H,4,14-17H2,1-3H3,(H,27,34). The first-order valence-electron chi connectivity index (χ1n) is 11.7. The van der Waals surface area contributed by atoms with Crippen LogP contribution in [-0.4, -0.2) is 61.5 Å². The minimum Gasteiger partial charge on any atom is -0.462 e. The Kier molecular flexibility index (Phi) is 8.09. The van der Waals surface area contributed by atoms with Crippen LogP contribution in [-0.2, 0) is 14.8 Å². The highest BCUT2D eigenvalue weighted by Gasteiger charge is 2.30. The molecular weight excluding hydrogens is 515 g/mol. The van der Waals surface area contributed by atoms with E-state index in [0.717, 1.165) is 21.6 Å². The molecule has 0 atom stereocenters. The summed E-state index contributed by atoms with van der Waals surface area (Å²) in [5, 5.41) is 4.33. The third-order valence-electron chi connectivity index (χ3n) is 6.03. The van der Waals surface area contributed by atoms with Crippen molar-refractivity contribution < 1.29 is 17.9 Å². The molecule has 1 fully saturated rings. The van der Waals surface area contributed by atoms with Crippen LogP contribution >= 0.6 is 23.6 Å². The molecule has 2 heterocycles. The lowest BCUT2D eigenvalue weighted by molar-refractivity contribution is 0.0529. The van der Waals surface area contributed by atoms with Gasteiger partial charge in [0.25, 0.3) is 0 Å². The van der Waals surface area contributed by atoms with E-state index in [4.69, 9.17) is 17.0 Å². The van der Waals surface area contributed by atoms with E-state index in [9.17, 15) is 13.2 Å². The molecule has 4 rings (SSSR count). The minimum atomic E-state index is -3.56. The van der Waals surface area contributed by atoms with Gasteiger partial charge in [-0.05, 0) is 50.7 Å². The van der Waals surface area contributed by atoms with E-state index in [-0.39, 0.29) is 6.61 Å². The fraction of sp³-hybridized carbons (Fsp3) is 0.308. The second-order valence-corrected chi connectivity index (χ2v) is 12.0. The topological polar surface area (TPSA) is 79.0 Å². The zero-order valence-electron chi connectivity index (χ0n) is 20.5. The van der Waals surface area contributed by atoms with Crippen molar-refractivity contribution in [2.24, 2.45) is 0 Å². The Hall–Kier alpha value is -2.79. The summed E-state index contributed by atoms with van der Waals surface area (Å²) in [6, 6.07) is 16.6. The van der Waals surface area contributed by atoms with Crippen molar-refractivity contribution in [1.82, 2.24) is 9.21 Å². The molecule has 0 radical (unpaired) electrons. The number of anilines is 1. The van der Waals surface area contributed by atoms with Gasteiger partial charge in [0.15, 0.2) is 5.11 Å². The number of aryl methyl sites for hydroxylation is 2. The molecule has 3 aromatic rings. The number of hydrogen-bond acceptors (Lipinski definition) is 6. The predicted molar refractivity (Wildman–Crippen MR) is 148 cm³/mol. The molecule has 0 bridgehead atoms. The molecular formula is C26H29N3O4S3. The number of hydrogen-bond donors (Lipinski definition) is 1. The third kappa shape index (κ3) is 5.46. The minimum absolute atomic E-state index is 0.267. The zero-order valence-corrected chi connectivity index (χ0v) is 22.9. The second-order valence-electron chi connectivity index (χ2n) is 8.46. The van der Waals surface area contributed by atoms with E-state index >= 15 is 0 Å². The van der Waals surface area contributed by atoms with Crippen LogP contribution in [0.3, 0.4) is 0 Å². The number of rotatable bonds is 6. The van der Waals surface area contributed by atoms with Crippen LogP contribution in [0.5, 0.6) is 0 Å². The number of carbonyl (C=O) groups excluding carboxylic acids is 1. The maximum Gasteiger partial charge on any atom is 0.341 e. The molecule has 0 unspecified atom stereocenters. The number of thiocarbonyl (C=S) groups is 1. The van der Waals surface area contributed by atoms with E-state index in [1.165, 1.54) is 15.6 Å². The van der Waals surface area contributed by atoms with E-state index in [1.807, 2.05) is 49.1 Å². The highest BCUT2D eigenvalue weighted by molar-refractivity contribution is 7.89. The van der Waals surface area contributed by atoms with Crippen LogP contribution in [0.2, 0.25) is 0 Å². The SMILES string of the molecule is CCOC(=O)c1c(NC(=S)N2CCN(S(=O)(=O)c3ccc(C)cc3)CC2)sc(C)c1-c1ccccc1. The Bertz CT molecular complexity index is 1350. The van der Waals surface area contributed by atoms with E-state index in [2.05, 4.69) is 5.32 Å². The van der Waals surface area contributed by atoms with Crippen LogP contribution in [0.25, 0.3) is 11.1 Å². The van der Waals surface area contributed by atoms with Crippen molar-refractivity contribution in [3.63, 3.8) is 0 Å². The van der Waals surface area contributed by atoms with Gasteiger partial charge in [-0.2, -0.15) is 4.31 Å². The Morgan fingerprint density at radius 2 is 1.67 bits per heavy atom. The number of esters is 1. The van der Waals surface area contributed by atoms with Gasteiger partial charge in [-0.25, -0.2) is 13.2 Å². The molecule has 10 heteroatoms. The number of thiophene rings is 1. The quantitative estimate of drug-likeness (QED) is 0.350. The lowest BCUT2D eigenvalue weighted by atomic mass is 10.0. The molecule has 1 aliphatic rings. The number of nitrogens with zero attached hydrogens (tertiary/aromatic N) is 2. The van der Waals surface area contributed by atoms with Crippen molar-refractivity contribution in [3.8, 4) is 11.1 Å². The van der Waals surface area contributed by atoms with Crippen LogP contribution in [0.4, 0.5) is 5.00 Å². The number of nitrogens with one attached hydrogen (secondary N) is 1. The third-order valence-corrected chi connectivity index (χ3v) is 9.33. The summed E-state index contributed by atoms with van der Waals surface area (Å²) in [7, 11) is -3.56. The van der Waals surface area contributed by atoms with Gasteiger partial charge >= 0.3 is 5.97 Å². The summed E-state index contributed by atoms with van der Waals surface area (Å²) < 4.78 is 32.9. The first-order chi connectivity index (χ1) is 17.2. The van der Waals surface area contributed by atoms with Crippen LogP contribution in [0, 0.1) is 13.8 Å². The molecule has 190 valence electrons. The molecule has 36 heavy (non-hydrogen) atoms. The lowest BCUT2D eigenvalue weighted by Gasteiger charge is -2.35. The Labute approximate surface area is 221 Å². The van der Waals surface area contributed by atoms with Gasteiger partial charge in [-0.3, -0.25) is 0 Å². The summed E-state index contributed by atoms with van der Waals surface area (Å²) in [5.41, 5.74) is 3.24. The van der Waals surface area contributed by atoms with E-state index in [0.29, 0.717) is 46.8 Å². The monoisotopic (exact) mass is 543 g/mol. The number of ether oxygens (including phenoxy) is 1. The molecule has 0 spiro atoms. The molecule has 0 saturated carbocycles. The number of carbonyl (C=O) groups is 1. The van der Waals surface area contributed by atoms with E-state index in [1.54, 1.807) is 31.2 Å². The Morgan fingerprint density at radius 1 is 1.03 bits per heavy atom. The average molecular weight is 544 g/mol. The normalized spacial score (nSPS) is 14.5. The van der Waals surface area contributed by atoms with Gasteiger partial charge in [-0.15, -0.1) is 11.3 Å². The smallest absolute Gasteiger partial charge is 0.341 e. The number of sulfonamides is 1. The van der Waals surface area contributed by atoms with Gasteiger partial charge in [-0.1, -0.05) is 48.0 Å². The Balaban J connectivity index is 1.50. The zero-order chi connectivity index (χ0) is 25.9. The predicted octanol–water partition coefficient (Wildman–Crippen LogP) is 4.91. The summed E-state index contributed by atoms with van der Waals surface area (Å²) in [6.07, 6.45) is 0. The molecule has 7 nitrogen and oxygen atoms in total. The first kappa shape index (κ1) is 26.3. The lowest BCUT2D eigenvalue weighted by Crippen LogP contribution is -2.51. The average Bonchev–Trinajstić information content (AvgIpc) is 3.20. The number of piperazine rings is 1. The number of benzene rings is 2. The van der Waals surface area contributed by atoms with Gasteiger partial charge in [0, 0.05) is 36.6 Å². The second kappa shape index (κ2) is 11.1. The van der Waals surface area contributed by atoms with Crippen molar-refractivity contribution in [3.05, 3.63) is 70.6 Å². The van der Waals surface area contributed by atoms with Gasteiger partial charge < -0.3 is 15.0 Å². The molecule has 1 aliphatic heterocycles. The fourth-order valence-corrected chi connectivity index (χ4v) is 6.98. The van der Waals surface area contributed by atoms with Crippen LogP contribution in [0.15, 0.2) is 59.5 Å². The molecule has 0 aliphatic carbocycles. The summed E-state index contributed by atoms with van der Waals surface area (Å²) in [6.45, 7) is 7.48. The largest absolute Gasteiger partial charge is 0.462 e. The molecule has 1 aromatic heterocycles. The molecule has 1 N–H and O–H groups in total. The highest BCUT2D eigenvalue weighted by Crippen LogP contribution is 2.40. The van der Waals surface area contributed by atoms with Crippen LogP contribution in [0.1, 0.15) is 27.7 Å².